The van der Waals surface area contributed by atoms with Crippen LogP contribution < -0.4 is 5.32 Å². The highest BCUT2D eigenvalue weighted by molar-refractivity contribution is 7.16. The summed E-state index contributed by atoms with van der Waals surface area (Å²) in [6, 6.07) is 1.52. The van der Waals surface area contributed by atoms with Gasteiger partial charge in [-0.15, -0.1) is 11.3 Å². The smallest absolute Gasteiger partial charge is 0.338 e. The van der Waals surface area contributed by atoms with Crippen molar-refractivity contribution in [2.75, 3.05) is 5.32 Å². The third kappa shape index (κ3) is 2.48. The van der Waals surface area contributed by atoms with Crippen molar-refractivity contribution in [3.8, 4) is 0 Å². The standard InChI is InChI=1S/C9H7N3O3S2/c1-4-2-5(9(14)15)8(16-4)11-7(13)6-3-10-17-12-6/h2-3H,1H3,(H,11,13)(H,14,15). The van der Waals surface area contributed by atoms with Gasteiger partial charge in [-0.2, -0.15) is 8.75 Å². The Labute approximate surface area is 104 Å². The Hall–Kier alpha value is -1.80. The maximum atomic E-state index is 11.7. The largest absolute Gasteiger partial charge is 0.478 e. The van der Waals surface area contributed by atoms with Crippen LogP contribution in [-0.2, 0) is 0 Å². The number of aromatic nitrogens is 2. The van der Waals surface area contributed by atoms with E-state index in [-0.39, 0.29) is 11.3 Å². The van der Waals surface area contributed by atoms with Crippen molar-refractivity contribution in [3.05, 3.63) is 28.4 Å². The van der Waals surface area contributed by atoms with Crippen LogP contribution in [0.15, 0.2) is 12.3 Å². The quantitative estimate of drug-likeness (QED) is 0.887. The number of aryl methyl sites for hydroxylation is 1. The number of nitrogens with one attached hydrogen (secondary N) is 1. The predicted molar refractivity (Wildman–Crippen MR) is 63.9 cm³/mol. The molecule has 2 aromatic rings. The molecule has 0 aliphatic carbocycles. The lowest BCUT2D eigenvalue weighted by Crippen LogP contribution is -2.13. The Morgan fingerprint density at radius 2 is 2.24 bits per heavy atom. The summed E-state index contributed by atoms with van der Waals surface area (Å²) < 4.78 is 7.47. The van der Waals surface area contributed by atoms with Gasteiger partial charge >= 0.3 is 5.97 Å². The average Bonchev–Trinajstić information content (AvgIpc) is 2.86. The number of rotatable bonds is 3. The molecule has 2 heterocycles. The van der Waals surface area contributed by atoms with Gasteiger partial charge in [-0.1, -0.05) is 0 Å². The average molecular weight is 269 g/mol. The molecule has 8 heteroatoms. The molecule has 0 radical (unpaired) electrons. The number of hydrogen-bond donors (Lipinski definition) is 2. The monoisotopic (exact) mass is 269 g/mol. The number of carbonyl (C=O) groups excluding carboxylic acids is 1. The molecule has 6 nitrogen and oxygen atoms in total. The van der Waals surface area contributed by atoms with Crippen molar-refractivity contribution in [2.45, 2.75) is 6.92 Å². The SMILES string of the molecule is Cc1cc(C(=O)O)c(NC(=O)c2cnsn2)s1. The maximum absolute atomic E-state index is 11.7. The van der Waals surface area contributed by atoms with Gasteiger partial charge in [0.1, 0.15) is 5.00 Å². The summed E-state index contributed by atoms with van der Waals surface area (Å²) in [6.07, 6.45) is 1.33. The van der Waals surface area contributed by atoms with Crippen molar-refractivity contribution in [2.24, 2.45) is 0 Å². The lowest BCUT2D eigenvalue weighted by molar-refractivity contribution is 0.0698. The molecule has 2 N–H and O–H groups in total. The molecule has 0 saturated heterocycles. The first-order valence-electron chi connectivity index (χ1n) is 4.50. The van der Waals surface area contributed by atoms with Crippen LogP contribution in [-0.4, -0.2) is 25.7 Å². The van der Waals surface area contributed by atoms with E-state index in [1.54, 1.807) is 6.92 Å². The van der Waals surface area contributed by atoms with Gasteiger partial charge in [-0.3, -0.25) is 4.79 Å². The molecule has 0 bridgehead atoms. The molecule has 0 fully saturated rings. The van der Waals surface area contributed by atoms with Gasteiger partial charge in [0.25, 0.3) is 5.91 Å². The Bertz CT molecular complexity index is 562. The first kappa shape index (κ1) is 11.7. The van der Waals surface area contributed by atoms with Crippen LogP contribution in [0.2, 0.25) is 0 Å². The van der Waals surface area contributed by atoms with Crippen LogP contribution in [0.1, 0.15) is 25.7 Å². The van der Waals surface area contributed by atoms with Crippen LogP contribution in [0.4, 0.5) is 5.00 Å². The number of thiophene rings is 1. The second-order valence-corrected chi connectivity index (χ2v) is 4.96. The Kier molecular flexibility index (Phi) is 3.16. The number of carboxylic acids is 1. The molecule has 0 aromatic carbocycles. The van der Waals surface area contributed by atoms with Crippen LogP contribution in [0.3, 0.4) is 0 Å². The molecule has 0 aliphatic rings. The van der Waals surface area contributed by atoms with Crippen molar-refractivity contribution < 1.29 is 14.7 Å². The summed E-state index contributed by atoms with van der Waals surface area (Å²) in [5.41, 5.74) is 0.265. The molecule has 0 atom stereocenters. The fourth-order valence-electron chi connectivity index (χ4n) is 1.20. The fraction of sp³-hybridized carbons (Fsp3) is 0.111. The highest BCUT2D eigenvalue weighted by Crippen LogP contribution is 2.27. The normalized spacial score (nSPS) is 10.2. The van der Waals surface area contributed by atoms with Gasteiger partial charge in [-0.25, -0.2) is 4.79 Å². The summed E-state index contributed by atoms with van der Waals surface area (Å²) >= 11 is 2.13. The van der Waals surface area contributed by atoms with E-state index in [1.165, 1.54) is 23.6 Å². The minimum atomic E-state index is -1.07. The van der Waals surface area contributed by atoms with E-state index in [1.807, 2.05) is 0 Å². The van der Waals surface area contributed by atoms with E-state index in [2.05, 4.69) is 14.1 Å². The van der Waals surface area contributed by atoms with Crippen LogP contribution >= 0.6 is 23.1 Å². The Morgan fingerprint density at radius 1 is 1.47 bits per heavy atom. The van der Waals surface area contributed by atoms with E-state index in [0.29, 0.717) is 5.00 Å². The van der Waals surface area contributed by atoms with Crippen molar-refractivity contribution in [1.82, 2.24) is 8.75 Å². The summed E-state index contributed by atoms with van der Waals surface area (Å²) in [5, 5.41) is 11.8. The van der Waals surface area contributed by atoms with Crippen molar-refractivity contribution in [3.63, 3.8) is 0 Å². The zero-order valence-electron chi connectivity index (χ0n) is 8.63. The highest BCUT2D eigenvalue weighted by Gasteiger charge is 2.17. The lowest BCUT2D eigenvalue weighted by atomic mass is 10.3. The number of amides is 1. The summed E-state index contributed by atoms with van der Waals surface area (Å²) in [7, 11) is 0. The Morgan fingerprint density at radius 3 is 2.82 bits per heavy atom. The molecule has 0 unspecified atom stereocenters. The molecule has 0 spiro atoms. The molecule has 1 amide bonds. The number of anilines is 1. The second kappa shape index (κ2) is 4.60. The molecule has 2 aromatic heterocycles. The van der Waals surface area contributed by atoms with Crippen molar-refractivity contribution in [1.29, 1.82) is 0 Å². The summed E-state index contributed by atoms with van der Waals surface area (Å²) in [4.78, 5) is 23.4. The van der Waals surface area contributed by atoms with Gasteiger partial charge in [-0.05, 0) is 13.0 Å². The van der Waals surface area contributed by atoms with E-state index in [0.717, 1.165) is 16.6 Å². The number of hydrogen-bond acceptors (Lipinski definition) is 6. The molecule has 0 aliphatic heterocycles. The van der Waals surface area contributed by atoms with E-state index >= 15 is 0 Å². The number of nitrogens with zero attached hydrogens (tertiary/aromatic N) is 2. The number of carbonyl (C=O) groups is 2. The zero-order valence-corrected chi connectivity index (χ0v) is 10.3. The minimum absolute atomic E-state index is 0.0871. The van der Waals surface area contributed by atoms with E-state index < -0.39 is 11.9 Å². The fourth-order valence-corrected chi connectivity index (χ4v) is 2.51. The molecule has 17 heavy (non-hydrogen) atoms. The molecular formula is C9H7N3O3S2. The predicted octanol–water partition coefficient (Wildman–Crippen LogP) is 1.86. The van der Waals surface area contributed by atoms with Crippen LogP contribution in [0.25, 0.3) is 0 Å². The van der Waals surface area contributed by atoms with Gasteiger partial charge in [0.05, 0.1) is 23.5 Å². The van der Waals surface area contributed by atoms with Gasteiger partial charge in [0.2, 0.25) is 0 Å². The number of aromatic carboxylic acids is 1. The number of carboxylic acid groups (broad SMARTS) is 1. The molecular weight excluding hydrogens is 262 g/mol. The minimum Gasteiger partial charge on any atom is -0.478 e. The lowest BCUT2D eigenvalue weighted by Gasteiger charge is -2.00. The Balaban J connectivity index is 2.24. The van der Waals surface area contributed by atoms with Gasteiger partial charge in [0, 0.05) is 4.88 Å². The van der Waals surface area contributed by atoms with Crippen LogP contribution in [0, 0.1) is 6.92 Å². The second-order valence-electron chi connectivity index (χ2n) is 3.15. The van der Waals surface area contributed by atoms with E-state index in [9.17, 15) is 9.59 Å². The van der Waals surface area contributed by atoms with Crippen LogP contribution in [0.5, 0.6) is 0 Å². The molecule has 88 valence electrons. The third-order valence-electron chi connectivity index (χ3n) is 1.91. The van der Waals surface area contributed by atoms with Crippen molar-refractivity contribution >= 4 is 39.9 Å². The summed E-state index contributed by atoms with van der Waals surface area (Å²) in [5.74, 6) is -1.52. The van der Waals surface area contributed by atoms with Gasteiger partial charge < -0.3 is 10.4 Å². The first-order valence-corrected chi connectivity index (χ1v) is 6.05. The maximum Gasteiger partial charge on any atom is 0.338 e. The summed E-state index contributed by atoms with van der Waals surface area (Å²) in [6.45, 7) is 1.77. The third-order valence-corrected chi connectivity index (χ3v) is 3.35. The van der Waals surface area contributed by atoms with E-state index in [4.69, 9.17) is 5.11 Å². The molecule has 0 saturated carbocycles. The topological polar surface area (TPSA) is 92.2 Å². The highest BCUT2D eigenvalue weighted by atomic mass is 32.1. The molecule has 2 rings (SSSR count). The zero-order chi connectivity index (χ0) is 12.4. The van der Waals surface area contributed by atoms with Gasteiger partial charge in [0.15, 0.2) is 5.69 Å². The first-order chi connectivity index (χ1) is 8.08.